The highest BCUT2D eigenvalue weighted by Crippen LogP contribution is 2.26. The van der Waals surface area contributed by atoms with Gasteiger partial charge in [0.05, 0.1) is 5.56 Å². The molecular weight excluding hydrogens is 270 g/mol. The van der Waals surface area contributed by atoms with Gasteiger partial charge in [-0.25, -0.2) is 13.5 Å². The molecule has 0 aliphatic carbocycles. The van der Waals surface area contributed by atoms with Crippen LogP contribution in [0.3, 0.4) is 0 Å². The van der Waals surface area contributed by atoms with Crippen molar-refractivity contribution in [2.75, 3.05) is 5.73 Å². The molecular formula is C12H10F2N4O2. The summed E-state index contributed by atoms with van der Waals surface area (Å²) in [4.78, 5) is 21.9. The zero-order valence-corrected chi connectivity index (χ0v) is 10.1. The van der Waals surface area contributed by atoms with Crippen molar-refractivity contribution in [2.45, 2.75) is 6.54 Å². The fourth-order valence-electron chi connectivity index (χ4n) is 1.73. The second-order valence-electron chi connectivity index (χ2n) is 4.02. The standard InChI is InChI=1S/C12H10F2N4O2/c13-8-2-1-6(3-9(8)14)11-7(5-19)12(16)18(17-11)4-10(15)20/h1-3,5H,4,16H2,(H2,15,20). The minimum atomic E-state index is -1.08. The molecule has 1 aromatic carbocycles. The molecule has 104 valence electrons. The van der Waals surface area contributed by atoms with E-state index in [1.54, 1.807) is 0 Å². The number of carbonyl (C=O) groups is 2. The van der Waals surface area contributed by atoms with Gasteiger partial charge in [0, 0.05) is 5.56 Å². The Morgan fingerprint density at radius 3 is 2.60 bits per heavy atom. The minimum Gasteiger partial charge on any atom is -0.383 e. The molecule has 0 saturated heterocycles. The molecule has 20 heavy (non-hydrogen) atoms. The van der Waals surface area contributed by atoms with Gasteiger partial charge in [0.1, 0.15) is 18.1 Å². The van der Waals surface area contributed by atoms with Gasteiger partial charge in [0.25, 0.3) is 0 Å². The van der Waals surface area contributed by atoms with E-state index in [0.29, 0.717) is 6.29 Å². The van der Waals surface area contributed by atoms with Crippen LogP contribution in [0, 0.1) is 11.6 Å². The Morgan fingerprint density at radius 1 is 1.35 bits per heavy atom. The molecule has 2 aromatic rings. The second kappa shape index (κ2) is 5.08. The number of primary amides is 1. The molecule has 2 rings (SSSR count). The Morgan fingerprint density at radius 2 is 2.05 bits per heavy atom. The molecule has 6 nitrogen and oxygen atoms in total. The fourth-order valence-corrected chi connectivity index (χ4v) is 1.73. The molecule has 4 N–H and O–H groups in total. The van der Waals surface area contributed by atoms with E-state index in [1.165, 1.54) is 6.07 Å². The number of anilines is 1. The number of aromatic nitrogens is 2. The summed E-state index contributed by atoms with van der Waals surface area (Å²) < 4.78 is 27.1. The number of nitrogens with two attached hydrogens (primary N) is 2. The van der Waals surface area contributed by atoms with Crippen molar-refractivity contribution in [3.8, 4) is 11.3 Å². The van der Waals surface area contributed by atoms with Crippen LogP contribution in [0.1, 0.15) is 10.4 Å². The van der Waals surface area contributed by atoms with Crippen molar-refractivity contribution in [3.63, 3.8) is 0 Å². The van der Waals surface area contributed by atoms with Gasteiger partial charge >= 0.3 is 0 Å². The predicted molar refractivity (Wildman–Crippen MR) is 66.6 cm³/mol. The van der Waals surface area contributed by atoms with Crippen molar-refractivity contribution < 1.29 is 18.4 Å². The molecule has 0 aliphatic rings. The van der Waals surface area contributed by atoms with Crippen LogP contribution in [-0.4, -0.2) is 22.0 Å². The van der Waals surface area contributed by atoms with E-state index in [4.69, 9.17) is 11.5 Å². The van der Waals surface area contributed by atoms with Crippen LogP contribution in [0.15, 0.2) is 18.2 Å². The van der Waals surface area contributed by atoms with E-state index in [1.807, 2.05) is 0 Å². The zero-order chi connectivity index (χ0) is 14.9. The highest BCUT2D eigenvalue weighted by Gasteiger charge is 2.18. The largest absolute Gasteiger partial charge is 0.383 e. The lowest BCUT2D eigenvalue weighted by molar-refractivity contribution is -0.118. The first-order chi connectivity index (χ1) is 9.43. The SMILES string of the molecule is NC(=O)Cn1nc(-c2ccc(F)c(F)c2)c(C=O)c1N. The highest BCUT2D eigenvalue weighted by atomic mass is 19.2. The number of halogens is 2. The molecule has 8 heteroatoms. The second-order valence-corrected chi connectivity index (χ2v) is 4.02. The monoisotopic (exact) mass is 280 g/mol. The Bertz CT molecular complexity index is 697. The van der Waals surface area contributed by atoms with Gasteiger partial charge in [-0.05, 0) is 18.2 Å². The third kappa shape index (κ3) is 2.35. The van der Waals surface area contributed by atoms with Crippen LogP contribution in [-0.2, 0) is 11.3 Å². The molecule has 1 amide bonds. The summed E-state index contributed by atoms with van der Waals surface area (Å²) in [6.07, 6.45) is 0.427. The van der Waals surface area contributed by atoms with Crippen LogP contribution < -0.4 is 11.5 Å². The van der Waals surface area contributed by atoms with E-state index < -0.39 is 17.5 Å². The summed E-state index contributed by atoms with van der Waals surface area (Å²) in [5.74, 6) is -2.87. The fraction of sp³-hybridized carbons (Fsp3) is 0.0833. The lowest BCUT2D eigenvalue weighted by Gasteiger charge is -1.99. The van der Waals surface area contributed by atoms with Crippen molar-refractivity contribution in [1.29, 1.82) is 0 Å². The van der Waals surface area contributed by atoms with Crippen LogP contribution >= 0.6 is 0 Å². The average molecular weight is 280 g/mol. The summed E-state index contributed by atoms with van der Waals surface area (Å²) in [5.41, 5.74) is 10.9. The Balaban J connectivity index is 2.58. The van der Waals surface area contributed by atoms with Crippen LogP contribution in [0.2, 0.25) is 0 Å². The van der Waals surface area contributed by atoms with E-state index >= 15 is 0 Å². The summed E-state index contributed by atoms with van der Waals surface area (Å²) in [5, 5.41) is 3.93. The topological polar surface area (TPSA) is 104 Å². The third-order valence-electron chi connectivity index (χ3n) is 2.65. The maximum atomic E-state index is 13.2. The van der Waals surface area contributed by atoms with Gasteiger partial charge in [-0.15, -0.1) is 0 Å². The van der Waals surface area contributed by atoms with Gasteiger partial charge in [-0.3, -0.25) is 9.59 Å². The van der Waals surface area contributed by atoms with Crippen molar-refractivity contribution in [3.05, 3.63) is 35.4 Å². The number of nitrogen functional groups attached to an aromatic ring is 1. The van der Waals surface area contributed by atoms with Gasteiger partial charge in [-0.1, -0.05) is 0 Å². The Labute approximate surface area is 112 Å². The van der Waals surface area contributed by atoms with Gasteiger partial charge in [0.15, 0.2) is 17.9 Å². The highest BCUT2D eigenvalue weighted by molar-refractivity contribution is 5.92. The number of benzene rings is 1. The lowest BCUT2D eigenvalue weighted by Crippen LogP contribution is -2.20. The summed E-state index contributed by atoms with van der Waals surface area (Å²) in [6, 6.07) is 3.04. The molecule has 1 aromatic heterocycles. The first-order valence-corrected chi connectivity index (χ1v) is 5.49. The molecule has 0 aliphatic heterocycles. The van der Waals surface area contributed by atoms with E-state index in [-0.39, 0.29) is 29.2 Å². The molecule has 0 radical (unpaired) electrons. The number of hydrogen-bond acceptors (Lipinski definition) is 4. The molecule has 0 bridgehead atoms. The Hall–Kier alpha value is -2.77. The number of aldehydes is 1. The molecule has 0 fully saturated rings. The number of amides is 1. The maximum absolute atomic E-state index is 13.2. The molecule has 0 spiro atoms. The van der Waals surface area contributed by atoms with Crippen LogP contribution in [0.5, 0.6) is 0 Å². The first-order valence-electron chi connectivity index (χ1n) is 5.49. The molecule has 1 heterocycles. The summed E-state index contributed by atoms with van der Waals surface area (Å²) in [6.45, 7) is -0.323. The number of rotatable bonds is 4. The minimum absolute atomic E-state index is 0.0164. The van der Waals surface area contributed by atoms with E-state index in [9.17, 15) is 18.4 Å². The van der Waals surface area contributed by atoms with Crippen molar-refractivity contribution in [2.24, 2.45) is 5.73 Å². The normalized spacial score (nSPS) is 10.5. The third-order valence-corrected chi connectivity index (χ3v) is 2.65. The lowest BCUT2D eigenvalue weighted by atomic mass is 10.1. The van der Waals surface area contributed by atoms with Crippen molar-refractivity contribution in [1.82, 2.24) is 9.78 Å². The maximum Gasteiger partial charge on any atom is 0.239 e. The van der Waals surface area contributed by atoms with Gasteiger partial charge in [-0.2, -0.15) is 5.10 Å². The van der Waals surface area contributed by atoms with Crippen molar-refractivity contribution >= 4 is 18.0 Å². The van der Waals surface area contributed by atoms with Gasteiger partial charge in [0.2, 0.25) is 5.91 Å². The number of nitrogens with zero attached hydrogens (tertiary/aromatic N) is 2. The smallest absolute Gasteiger partial charge is 0.239 e. The molecule has 0 unspecified atom stereocenters. The average Bonchev–Trinajstić information content (AvgIpc) is 2.69. The number of hydrogen-bond donors (Lipinski definition) is 2. The zero-order valence-electron chi connectivity index (χ0n) is 10.1. The van der Waals surface area contributed by atoms with Crippen LogP contribution in [0.4, 0.5) is 14.6 Å². The summed E-state index contributed by atoms with van der Waals surface area (Å²) >= 11 is 0. The summed E-state index contributed by atoms with van der Waals surface area (Å²) in [7, 11) is 0. The Kier molecular flexibility index (Phi) is 3.47. The quantitative estimate of drug-likeness (QED) is 0.805. The molecule has 0 atom stereocenters. The number of carbonyl (C=O) groups excluding carboxylic acids is 2. The van der Waals surface area contributed by atoms with E-state index in [0.717, 1.165) is 16.8 Å². The van der Waals surface area contributed by atoms with Crippen LogP contribution in [0.25, 0.3) is 11.3 Å². The van der Waals surface area contributed by atoms with Gasteiger partial charge < -0.3 is 11.5 Å². The van der Waals surface area contributed by atoms with E-state index in [2.05, 4.69) is 5.10 Å². The predicted octanol–water partition coefficient (Wildman–Crippen LogP) is 0.708. The first kappa shape index (κ1) is 13.7. The molecule has 0 saturated carbocycles.